The van der Waals surface area contributed by atoms with Crippen molar-refractivity contribution in [2.45, 2.75) is 30.9 Å². The van der Waals surface area contributed by atoms with Gasteiger partial charge in [-0.2, -0.15) is 5.10 Å². The molecule has 2 aromatic heterocycles. The lowest BCUT2D eigenvalue weighted by Gasteiger charge is -2.31. The van der Waals surface area contributed by atoms with Gasteiger partial charge in [0.15, 0.2) is 0 Å². The Kier molecular flexibility index (Phi) is 4.18. The number of carbonyl (C=O) groups is 1. The zero-order valence-corrected chi connectivity index (χ0v) is 12.5. The number of nitrogens with one attached hydrogen (secondary N) is 1. The maximum atomic E-state index is 12.3. The number of amides is 1. The molecule has 1 aliphatic heterocycles. The number of piperidine rings is 1. The molecule has 0 aromatic carbocycles. The van der Waals surface area contributed by atoms with Crippen molar-refractivity contribution in [3.05, 3.63) is 18.0 Å². The van der Waals surface area contributed by atoms with E-state index in [-0.39, 0.29) is 11.8 Å². The third kappa shape index (κ3) is 3.41. The van der Waals surface area contributed by atoms with E-state index in [2.05, 4.69) is 25.4 Å². The summed E-state index contributed by atoms with van der Waals surface area (Å²) in [4.78, 5) is 18.3. The summed E-state index contributed by atoms with van der Waals surface area (Å²) in [6.07, 6.45) is 3.50. The van der Waals surface area contributed by atoms with Crippen molar-refractivity contribution in [2.75, 3.05) is 18.8 Å². The molecule has 8 nitrogen and oxygen atoms in total. The molecule has 2 aromatic rings. The molecular weight excluding hydrogens is 292 g/mol. The highest BCUT2D eigenvalue weighted by atomic mass is 32.2. The SMILES string of the molecule is Cc1nnc(SCC(=O)N2CCC[C@@H](c3ncn[nH]3)C2)o1. The number of aromatic amines is 1. The van der Waals surface area contributed by atoms with Gasteiger partial charge in [-0.05, 0) is 12.8 Å². The van der Waals surface area contributed by atoms with E-state index in [1.807, 2.05) is 4.90 Å². The number of aromatic nitrogens is 5. The van der Waals surface area contributed by atoms with Crippen molar-refractivity contribution in [2.24, 2.45) is 0 Å². The van der Waals surface area contributed by atoms with Crippen molar-refractivity contribution in [1.29, 1.82) is 0 Å². The molecule has 0 aliphatic carbocycles. The van der Waals surface area contributed by atoms with Crippen molar-refractivity contribution in [3.63, 3.8) is 0 Å². The highest BCUT2D eigenvalue weighted by molar-refractivity contribution is 7.99. The molecule has 0 radical (unpaired) electrons. The Balaban J connectivity index is 1.54. The number of aryl methyl sites for hydroxylation is 1. The van der Waals surface area contributed by atoms with Gasteiger partial charge in [0.1, 0.15) is 12.2 Å². The fourth-order valence-corrected chi connectivity index (χ4v) is 3.10. The lowest BCUT2D eigenvalue weighted by atomic mass is 9.97. The summed E-state index contributed by atoms with van der Waals surface area (Å²) in [5.74, 6) is 1.99. The summed E-state index contributed by atoms with van der Waals surface area (Å²) in [5, 5.41) is 14.8. The van der Waals surface area contributed by atoms with E-state index in [1.54, 1.807) is 6.92 Å². The van der Waals surface area contributed by atoms with Crippen molar-refractivity contribution >= 4 is 17.7 Å². The predicted octanol–water partition coefficient (Wildman–Crippen LogP) is 0.994. The van der Waals surface area contributed by atoms with Crippen LogP contribution in [0, 0.1) is 6.92 Å². The Bertz CT molecular complexity index is 599. The molecule has 112 valence electrons. The normalized spacial score (nSPS) is 18.9. The van der Waals surface area contributed by atoms with Gasteiger partial charge in [0.05, 0.1) is 5.75 Å². The number of carbonyl (C=O) groups excluding carboxylic acids is 1. The maximum absolute atomic E-state index is 12.3. The molecule has 1 aliphatic rings. The second kappa shape index (κ2) is 6.25. The van der Waals surface area contributed by atoms with Crippen LogP contribution in [0.3, 0.4) is 0 Å². The second-order valence-corrected chi connectivity index (χ2v) is 5.85. The fourth-order valence-electron chi connectivity index (χ4n) is 2.39. The van der Waals surface area contributed by atoms with Crippen LogP contribution in [0.25, 0.3) is 0 Å². The highest BCUT2D eigenvalue weighted by Gasteiger charge is 2.26. The summed E-state index contributed by atoms with van der Waals surface area (Å²) in [6.45, 7) is 3.19. The average Bonchev–Trinajstić information content (AvgIpc) is 3.16. The van der Waals surface area contributed by atoms with Gasteiger partial charge < -0.3 is 9.32 Å². The minimum absolute atomic E-state index is 0.0834. The van der Waals surface area contributed by atoms with Gasteiger partial charge >= 0.3 is 0 Å². The van der Waals surface area contributed by atoms with Crippen LogP contribution in [0.15, 0.2) is 16.0 Å². The number of nitrogens with zero attached hydrogens (tertiary/aromatic N) is 5. The van der Waals surface area contributed by atoms with Crippen LogP contribution in [0.4, 0.5) is 0 Å². The second-order valence-electron chi connectivity index (χ2n) is 4.93. The zero-order valence-electron chi connectivity index (χ0n) is 11.7. The van der Waals surface area contributed by atoms with Gasteiger partial charge in [-0.25, -0.2) is 4.98 Å². The van der Waals surface area contributed by atoms with Crippen LogP contribution >= 0.6 is 11.8 Å². The van der Waals surface area contributed by atoms with Crippen molar-refractivity contribution < 1.29 is 9.21 Å². The highest BCUT2D eigenvalue weighted by Crippen LogP contribution is 2.25. The van der Waals surface area contributed by atoms with E-state index in [4.69, 9.17) is 4.42 Å². The van der Waals surface area contributed by atoms with E-state index < -0.39 is 0 Å². The summed E-state index contributed by atoms with van der Waals surface area (Å²) in [7, 11) is 0. The van der Waals surface area contributed by atoms with Crippen LogP contribution < -0.4 is 0 Å². The first-order valence-electron chi connectivity index (χ1n) is 6.78. The summed E-state index contributed by atoms with van der Waals surface area (Å²) in [6, 6.07) is 0. The van der Waals surface area contributed by atoms with E-state index in [1.165, 1.54) is 18.1 Å². The Labute approximate surface area is 125 Å². The standard InChI is InChI=1S/C12H16N6O2S/c1-8-15-17-12(20-8)21-6-10(19)18-4-2-3-9(5-18)11-13-7-14-16-11/h7,9H,2-6H2,1H3,(H,13,14,16)/t9-/m1/s1. The largest absolute Gasteiger partial charge is 0.416 e. The topological polar surface area (TPSA) is 101 Å². The zero-order chi connectivity index (χ0) is 14.7. The molecule has 0 unspecified atom stereocenters. The lowest BCUT2D eigenvalue weighted by Crippen LogP contribution is -2.40. The first kappa shape index (κ1) is 14.1. The Morgan fingerprint density at radius 1 is 1.57 bits per heavy atom. The molecule has 1 amide bonds. The van der Waals surface area contributed by atoms with Crippen molar-refractivity contribution in [1.82, 2.24) is 30.3 Å². The molecule has 21 heavy (non-hydrogen) atoms. The number of H-pyrrole nitrogens is 1. The van der Waals surface area contributed by atoms with Crippen molar-refractivity contribution in [3.8, 4) is 0 Å². The molecule has 3 rings (SSSR count). The fraction of sp³-hybridized carbons (Fsp3) is 0.583. The number of rotatable bonds is 4. The average molecular weight is 308 g/mol. The van der Waals surface area contributed by atoms with Crippen LogP contribution in [-0.4, -0.2) is 55.0 Å². The summed E-state index contributed by atoms with van der Waals surface area (Å²) < 4.78 is 5.25. The molecule has 1 atom stereocenters. The van der Waals surface area contributed by atoms with Gasteiger partial charge in [-0.3, -0.25) is 9.89 Å². The quantitative estimate of drug-likeness (QED) is 0.841. The van der Waals surface area contributed by atoms with Gasteiger partial charge in [-0.15, -0.1) is 10.2 Å². The minimum Gasteiger partial charge on any atom is -0.416 e. The molecule has 0 saturated carbocycles. The minimum atomic E-state index is 0.0834. The van der Waals surface area contributed by atoms with Gasteiger partial charge in [0, 0.05) is 25.9 Å². The third-order valence-corrected chi connectivity index (χ3v) is 4.22. The first-order valence-corrected chi connectivity index (χ1v) is 7.77. The summed E-state index contributed by atoms with van der Waals surface area (Å²) in [5.41, 5.74) is 0. The molecule has 0 spiro atoms. The molecule has 1 fully saturated rings. The lowest BCUT2D eigenvalue weighted by molar-refractivity contribution is -0.129. The molecule has 3 heterocycles. The molecule has 9 heteroatoms. The van der Waals surface area contributed by atoms with Crippen LogP contribution in [0.1, 0.15) is 30.5 Å². The monoisotopic (exact) mass is 308 g/mol. The van der Waals surface area contributed by atoms with Gasteiger partial charge in [-0.1, -0.05) is 11.8 Å². The van der Waals surface area contributed by atoms with Crippen LogP contribution in [-0.2, 0) is 4.79 Å². The molecule has 1 saturated heterocycles. The smallest absolute Gasteiger partial charge is 0.277 e. The predicted molar refractivity (Wildman–Crippen MR) is 74.7 cm³/mol. The van der Waals surface area contributed by atoms with E-state index in [0.29, 0.717) is 23.4 Å². The number of hydrogen-bond acceptors (Lipinski definition) is 7. The van der Waals surface area contributed by atoms with E-state index >= 15 is 0 Å². The summed E-state index contributed by atoms with van der Waals surface area (Å²) >= 11 is 1.27. The molecule has 1 N–H and O–H groups in total. The first-order chi connectivity index (χ1) is 10.2. The van der Waals surface area contributed by atoms with Crippen LogP contribution in [0.5, 0.6) is 0 Å². The van der Waals surface area contributed by atoms with Gasteiger partial charge in [0.25, 0.3) is 5.22 Å². The van der Waals surface area contributed by atoms with E-state index in [9.17, 15) is 4.79 Å². The number of thioether (sulfide) groups is 1. The third-order valence-electron chi connectivity index (χ3n) is 3.42. The van der Waals surface area contributed by atoms with E-state index in [0.717, 1.165) is 25.2 Å². The van der Waals surface area contributed by atoms with Crippen LogP contribution in [0.2, 0.25) is 0 Å². The molecular formula is C12H16N6O2S. The number of hydrogen-bond donors (Lipinski definition) is 1. The maximum Gasteiger partial charge on any atom is 0.277 e. The Hall–Kier alpha value is -1.90. The Morgan fingerprint density at radius 2 is 2.48 bits per heavy atom. The Morgan fingerprint density at radius 3 is 3.19 bits per heavy atom. The van der Waals surface area contributed by atoms with Gasteiger partial charge in [0.2, 0.25) is 11.8 Å². The molecule has 0 bridgehead atoms. The number of likely N-dealkylation sites (tertiary alicyclic amines) is 1.